The minimum atomic E-state index is 0.479. The molecule has 2 N–H and O–H groups in total. The molecule has 1 aliphatic heterocycles. The average Bonchev–Trinajstić information content (AvgIpc) is 2.44. The summed E-state index contributed by atoms with van der Waals surface area (Å²) in [6.07, 6.45) is 6.18. The number of rotatable bonds is 1. The maximum atomic E-state index is 5.84. The first-order valence-electron chi connectivity index (χ1n) is 5.16. The molecule has 0 amide bonds. The molecular formula is C10H19NO. The van der Waals surface area contributed by atoms with Crippen LogP contribution in [0.15, 0.2) is 0 Å². The first-order valence-corrected chi connectivity index (χ1v) is 5.16. The van der Waals surface area contributed by atoms with Gasteiger partial charge in [-0.15, -0.1) is 0 Å². The quantitative estimate of drug-likeness (QED) is 0.646. The predicted molar refractivity (Wildman–Crippen MR) is 48.8 cm³/mol. The summed E-state index contributed by atoms with van der Waals surface area (Å²) in [6, 6.07) is 0. The summed E-state index contributed by atoms with van der Waals surface area (Å²) in [7, 11) is 0. The van der Waals surface area contributed by atoms with Crippen molar-refractivity contribution in [2.75, 3.05) is 6.54 Å². The highest BCUT2D eigenvalue weighted by molar-refractivity contribution is 4.89. The maximum absolute atomic E-state index is 5.84. The van der Waals surface area contributed by atoms with E-state index in [0.717, 1.165) is 18.4 Å². The third-order valence-electron chi connectivity index (χ3n) is 3.46. The minimum Gasteiger partial charge on any atom is -0.375 e. The Kier molecular flexibility index (Phi) is 2.37. The second-order valence-electron chi connectivity index (χ2n) is 4.31. The molecule has 0 radical (unpaired) electrons. The molecule has 2 fully saturated rings. The van der Waals surface area contributed by atoms with Crippen LogP contribution < -0.4 is 5.73 Å². The molecule has 1 saturated heterocycles. The first kappa shape index (κ1) is 8.52. The summed E-state index contributed by atoms with van der Waals surface area (Å²) in [4.78, 5) is 0. The molecule has 4 atom stereocenters. The number of fused-ring (bicyclic) bond motifs is 1. The Morgan fingerprint density at radius 2 is 2.25 bits per heavy atom. The fourth-order valence-electron chi connectivity index (χ4n) is 2.86. The smallest absolute Gasteiger partial charge is 0.0611 e. The third-order valence-corrected chi connectivity index (χ3v) is 3.46. The van der Waals surface area contributed by atoms with Crippen LogP contribution in [0, 0.1) is 11.8 Å². The average molecular weight is 169 g/mol. The van der Waals surface area contributed by atoms with Gasteiger partial charge < -0.3 is 10.5 Å². The second kappa shape index (κ2) is 3.35. The van der Waals surface area contributed by atoms with Crippen molar-refractivity contribution in [3.8, 4) is 0 Å². The molecule has 1 aliphatic carbocycles. The Bertz CT molecular complexity index is 154. The van der Waals surface area contributed by atoms with Crippen molar-refractivity contribution < 1.29 is 4.74 Å². The molecule has 1 saturated carbocycles. The van der Waals surface area contributed by atoms with Gasteiger partial charge in [-0.2, -0.15) is 0 Å². The van der Waals surface area contributed by atoms with Crippen molar-refractivity contribution in [3.63, 3.8) is 0 Å². The number of hydrogen-bond donors (Lipinski definition) is 1. The van der Waals surface area contributed by atoms with E-state index in [1.54, 1.807) is 0 Å². The lowest BCUT2D eigenvalue weighted by Crippen LogP contribution is -2.33. The minimum absolute atomic E-state index is 0.479. The molecule has 12 heavy (non-hydrogen) atoms. The Morgan fingerprint density at radius 3 is 3.00 bits per heavy atom. The fraction of sp³-hybridized carbons (Fsp3) is 1.00. The zero-order chi connectivity index (χ0) is 8.55. The lowest BCUT2D eigenvalue weighted by atomic mass is 9.76. The highest BCUT2D eigenvalue weighted by atomic mass is 16.5. The van der Waals surface area contributed by atoms with Gasteiger partial charge in [0, 0.05) is 0 Å². The van der Waals surface area contributed by atoms with Crippen molar-refractivity contribution in [1.82, 2.24) is 0 Å². The molecule has 0 aromatic carbocycles. The summed E-state index contributed by atoms with van der Waals surface area (Å²) < 4.78 is 5.84. The van der Waals surface area contributed by atoms with Gasteiger partial charge >= 0.3 is 0 Å². The summed E-state index contributed by atoms with van der Waals surface area (Å²) in [5.41, 5.74) is 5.75. The van der Waals surface area contributed by atoms with E-state index in [9.17, 15) is 0 Å². The highest BCUT2D eigenvalue weighted by Crippen LogP contribution is 2.40. The molecule has 0 aromatic rings. The summed E-state index contributed by atoms with van der Waals surface area (Å²) in [6.45, 7) is 3.04. The van der Waals surface area contributed by atoms with Crippen LogP contribution in [0.3, 0.4) is 0 Å². The molecule has 2 rings (SSSR count). The third kappa shape index (κ3) is 1.38. The van der Waals surface area contributed by atoms with E-state index < -0.39 is 0 Å². The van der Waals surface area contributed by atoms with Gasteiger partial charge in [0.05, 0.1) is 12.2 Å². The van der Waals surface area contributed by atoms with Crippen LogP contribution in [0.25, 0.3) is 0 Å². The summed E-state index contributed by atoms with van der Waals surface area (Å²) in [5.74, 6) is 1.52. The monoisotopic (exact) mass is 169 g/mol. The standard InChI is InChI=1S/C10H19NO/c1-7-5-9-8(6-11)3-2-4-10(9)12-7/h7-10H,2-6,11H2,1H3/t7-,8-,9+,10-/m1/s1. The lowest BCUT2D eigenvalue weighted by molar-refractivity contribution is 0.0143. The predicted octanol–water partition coefficient (Wildman–Crippen LogP) is 1.54. The Hall–Kier alpha value is -0.0800. The zero-order valence-electron chi connectivity index (χ0n) is 7.83. The normalized spacial score (nSPS) is 47.5. The van der Waals surface area contributed by atoms with Gasteiger partial charge in [-0.25, -0.2) is 0 Å². The Labute approximate surface area is 74.5 Å². The van der Waals surface area contributed by atoms with Crippen molar-refractivity contribution in [1.29, 1.82) is 0 Å². The van der Waals surface area contributed by atoms with Gasteiger partial charge in [-0.05, 0) is 44.6 Å². The van der Waals surface area contributed by atoms with Crippen LogP contribution in [-0.2, 0) is 4.74 Å². The molecule has 0 unspecified atom stereocenters. The van der Waals surface area contributed by atoms with Crippen LogP contribution in [0.4, 0.5) is 0 Å². The van der Waals surface area contributed by atoms with E-state index in [2.05, 4.69) is 6.92 Å². The zero-order valence-corrected chi connectivity index (χ0v) is 7.83. The number of ether oxygens (including phenoxy) is 1. The van der Waals surface area contributed by atoms with E-state index in [1.165, 1.54) is 25.7 Å². The molecule has 2 aliphatic rings. The van der Waals surface area contributed by atoms with Gasteiger partial charge in [0.25, 0.3) is 0 Å². The molecule has 1 heterocycles. The number of hydrogen-bond acceptors (Lipinski definition) is 2. The topological polar surface area (TPSA) is 35.2 Å². The van der Waals surface area contributed by atoms with E-state index in [4.69, 9.17) is 10.5 Å². The van der Waals surface area contributed by atoms with Crippen molar-refractivity contribution in [3.05, 3.63) is 0 Å². The second-order valence-corrected chi connectivity index (χ2v) is 4.31. The molecule has 0 aromatic heterocycles. The SMILES string of the molecule is C[C@@H]1C[C@H]2[C@@H](CN)CCC[C@H]2O1. The van der Waals surface area contributed by atoms with Crippen molar-refractivity contribution in [2.24, 2.45) is 17.6 Å². The van der Waals surface area contributed by atoms with Crippen LogP contribution >= 0.6 is 0 Å². The van der Waals surface area contributed by atoms with Gasteiger partial charge in [0.2, 0.25) is 0 Å². The van der Waals surface area contributed by atoms with E-state index in [1.807, 2.05) is 0 Å². The number of nitrogens with two attached hydrogens (primary N) is 1. The summed E-state index contributed by atoms with van der Waals surface area (Å²) in [5, 5.41) is 0. The largest absolute Gasteiger partial charge is 0.375 e. The van der Waals surface area contributed by atoms with Crippen LogP contribution in [0.2, 0.25) is 0 Å². The van der Waals surface area contributed by atoms with Crippen LogP contribution in [-0.4, -0.2) is 18.8 Å². The molecule has 2 nitrogen and oxygen atoms in total. The molecule has 0 bridgehead atoms. The lowest BCUT2D eigenvalue weighted by Gasteiger charge is -2.31. The fourth-order valence-corrected chi connectivity index (χ4v) is 2.86. The van der Waals surface area contributed by atoms with Gasteiger partial charge in [0.1, 0.15) is 0 Å². The van der Waals surface area contributed by atoms with Crippen LogP contribution in [0.5, 0.6) is 0 Å². The molecular weight excluding hydrogens is 150 g/mol. The van der Waals surface area contributed by atoms with E-state index >= 15 is 0 Å². The molecule has 70 valence electrons. The highest BCUT2D eigenvalue weighted by Gasteiger charge is 2.39. The molecule has 0 spiro atoms. The van der Waals surface area contributed by atoms with E-state index in [0.29, 0.717) is 12.2 Å². The van der Waals surface area contributed by atoms with Gasteiger partial charge in [-0.1, -0.05) is 6.42 Å². The van der Waals surface area contributed by atoms with Gasteiger partial charge in [-0.3, -0.25) is 0 Å². The Morgan fingerprint density at radius 1 is 1.42 bits per heavy atom. The van der Waals surface area contributed by atoms with Crippen molar-refractivity contribution in [2.45, 2.75) is 44.8 Å². The van der Waals surface area contributed by atoms with E-state index in [-0.39, 0.29) is 0 Å². The summed E-state index contributed by atoms with van der Waals surface area (Å²) >= 11 is 0. The Balaban J connectivity index is 2.02. The van der Waals surface area contributed by atoms with Gasteiger partial charge in [0.15, 0.2) is 0 Å². The van der Waals surface area contributed by atoms with Crippen molar-refractivity contribution >= 4 is 0 Å². The molecule has 2 heteroatoms. The first-order chi connectivity index (χ1) is 5.81. The van der Waals surface area contributed by atoms with Crippen LogP contribution in [0.1, 0.15) is 32.6 Å². The maximum Gasteiger partial charge on any atom is 0.0611 e.